The Kier molecular flexibility index (Phi) is 3.98. The molecule has 84 valence electrons. The highest BCUT2D eigenvalue weighted by Gasteiger charge is 2.15. The lowest BCUT2D eigenvalue weighted by molar-refractivity contribution is 0.478. The van der Waals surface area contributed by atoms with Crippen LogP contribution < -0.4 is 0 Å². The minimum Gasteiger partial charge on any atom is -0.246 e. The summed E-state index contributed by atoms with van der Waals surface area (Å²) < 4.78 is 35.1. The molecule has 0 spiro atoms. The first-order valence-electron chi connectivity index (χ1n) is 4.03. The van der Waals surface area contributed by atoms with Gasteiger partial charge in [0.2, 0.25) is 0 Å². The average Bonchev–Trinajstić information content (AvgIpc) is 2.15. The number of benzene rings is 1. The largest absolute Gasteiger partial charge is 0.246 e. The molecule has 0 aromatic heterocycles. The zero-order valence-corrected chi connectivity index (χ0v) is 10.2. The Bertz CT molecular complexity index is 457. The van der Waals surface area contributed by atoms with Crippen LogP contribution in [0.1, 0.15) is 16.0 Å². The summed E-state index contributed by atoms with van der Waals surface area (Å²) in [6.45, 7) is -0.864. The van der Waals surface area contributed by atoms with E-state index in [9.17, 15) is 12.8 Å². The molecule has 0 N–H and O–H groups in total. The highest BCUT2D eigenvalue weighted by Crippen LogP contribution is 2.28. The number of hydrogen-bond acceptors (Lipinski definition) is 2. The van der Waals surface area contributed by atoms with E-state index in [-0.39, 0.29) is 10.5 Å². The molecule has 0 amide bonds. The summed E-state index contributed by atoms with van der Waals surface area (Å²) in [6.07, 6.45) is 1.03. The smallest absolute Gasteiger partial charge is 0.175 e. The standard InChI is InChI=1S/C9H9Cl2FO2S/c1-15(13,14)8-3-2-6(9(10)11)4-7(8)5-12/h2-4,9H,5H2,1H3. The molecule has 0 bridgehead atoms. The molecule has 0 aliphatic heterocycles. The van der Waals surface area contributed by atoms with Crippen LogP contribution in [0.3, 0.4) is 0 Å². The number of alkyl halides is 3. The topological polar surface area (TPSA) is 34.1 Å². The van der Waals surface area contributed by atoms with E-state index in [1.54, 1.807) is 0 Å². The number of halogens is 3. The first kappa shape index (κ1) is 12.7. The third-order valence-electron chi connectivity index (χ3n) is 1.88. The summed E-state index contributed by atoms with van der Waals surface area (Å²) in [7, 11) is -3.41. The van der Waals surface area contributed by atoms with Gasteiger partial charge in [-0.05, 0) is 17.7 Å². The molecule has 2 nitrogen and oxygen atoms in total. The molecular formula is C9H9Cl2FO2S. The van der Waals surface area contributed by atoms with Gasteiger partial charge in [-0.3, -0.25) is 0 Å². The second-order valence-electron chi connectivity index (χ2n) is 3.07. The Hall–Kier alpha value is -0.320. The van der Waals surface area contributed by atoms with E-state index < -0.39 is 21.3 Å². The van der Waals surface area contributed by atoms with Crippen LogP contribution in [0.5, 0.6) is 0 Å². The van der Waals surface area contributed by atoms with E-state index in [4.69, 9.17) is 23.2 Å². The van der Waals surface area contributed by atoms with E-state index in [2.05, 4.69) is 0 Å². The van der Waals surface area contributed by atoms with Gasteiger partial charge in [-0.25, -0.2) is 12.8 Å². The van der Waals surface area contributed by atoms with Gasteiger partial charge in [-0.1, -0.05) is 6.07 Å². The van der Waals surface area contributed by atoms with E-state index in [0.29, 0.717) is 5.56 Å². The van der Waals surface area contributed by atoms with Gasteiger partial charge in [0.05, 0.1) is 4.90 Å². The normalized spacial score (nSPS) is 12.1. The molecule has 15 heavy (non-hydrogen) atoms. The minimum absolute atomic E-state index is 0.0252. The van der Waals surface area contributed by atoms with Gasteiger partial charge in [-0.2, -0.15) is 0 Å². The van der Waals surface area contributed by atoms with Crippen LogP contribution in [0.15, 0.2) is 23.1 Å². The maximum absolute atomic E-state index is 12.6. The van der Waals surface area contributed by atoms with Gasteiger partial charge in [0.25, 0.3) is 0 Å². The zero-order valence-electron chi connectivity index (χ0n) is 7.88. The third kappa shape index (κ3) is 3.06. The maximum atomic E-state index is 12.6. The van der Waals surface area contributed by atoms with Crippen LogP contribution in [0, 0.1) is 0 Å². The van der Waals surface area contributed by atoms with Crippen molar-refractivity contribution in [3.63, 3.8) is 0 Å². The Morgan fingerprint density at radius 3 is 2.40 bits per heavy atom. The Morgan fingerprint density at radius 2 is 2.00 bits per heavy atom. The van der Waals surface area contributed by atoms with Gasteiger partial charge < -0.3 is 0 Å². The fraction of sp³-hybridized carbons (Fsp3) is 0.333. The Morgan fingerprint density at radius 1 is 1.40 bits per heavy atom. The summed E-state index contributed by atoms with van der Waals surface area (Å²) in [4.78, 5) is -0.813. The molecule has 0 unspecified atom stereocenters. The highest BCUT2D eigenvalue weighted by molar-refractivity contribution is 7.90. The molecule has 1 aromatic carbocycles. The molecule has 6 heteroatoms. The van der Waals surface area contributed by atoms with Crippen LogP contribution in [-0.4, -0.2) is 14.7 Å². The molecule has 0 heterocycles. The van der Waals surface area contributed by atoms with Crippen molar-refractivity contribution in [2.75, 3.05) is 6.26 Å². The van der Waals surface area contributed by atoms with Crippen molar-refractivity contribution in [2.24, 2.45) is 0 Å². The Labute approximate surface area is 97.9 Å². The SMILES string of the molecule is CS(=O)(=O)c1ccc(C(Cl)Cl)cc1CF. The zero-order chi connectivity index (χ0) is 11.6. The van der Waals surface area contributed by atoms with Crippen LogP contribution in [0.4, 0.5) is 4.39 Å². The van der Waals surface area contributed by atoms with Crippen molar-refractivity contribution < 1.29 is 12.8 Å². The predicted molar refractivity (Wildman–Crippen MR) is 58.8 cm³/mol. The van der Waals surface area contributed by atoms with E-state index in [1.165, 1.54) is 18.2 Å². The molecule has 1 aromatic rings. The molecule has 0 aliphatic carbocycles. The van der Waals surface area contributed by atoms with Gasteiger partial charge in [-0.15, -0.1) is 23.2 Å². The van der Waals surface area contributed by atoms with Gasteiger partial charge in [0.15, 0.2) is 9.84 Å². The van der Waals surface area contributed by atoms with E-state index >= 15 is 0 Å². The monoisotopic (exact) mass is 270 g/mol. The summed E-state index contributed by atoms with van der Waals surface area (Å²) in [5.41, 5.74) is 0.569. The van der Waals surface area contributed by atoms with Crippen molar-refractivity contribution in [1.29, 1.82) is 0 Å². The van der Waals surface area contributed by atoms with Crippen molar-refractivity contribution in [2.45, 2.75) is 16.4 Å². The lowest BCUT2D eigenvalue weighted by atomic mass is 10.1. The predicted octanol–water partition coefficient (Wildman–Crippen LogP) is 3.04. The lowest BCUT2D eigenvalue weighted by Crippen LogP contribution is -2.02. The molecule has 0 saturated heterocycles. The third-order valence-corrected chi connectivity index (χ3v) is 3.58. The van der Waals surface area contributed by atoms with E-state index in [1.807, 2.05) is 0 Å². The first-order valence-corrected chi connectivity index (χ1v) is 6.79. The van der Waals surface area contributed by atoms with Crippen molar-refractivity contribution in [1.82, 2.24) is 0 Å². The minimum atomic E-state index is -3.41. The van der Waals surface area contributed by atoms with Crippen molar-refractivity contribution >= 4 is 33.0 Å². The molecule has 0 fully saturated rings. The summed E-state index contributed by atoms with van der Waals surface area (Å²) in [5, 5.41) is 0. The quantitative estimate of drug-likeness (QED) is 0.792. The van der Waals surface area contributed by atoms with Crippen molar-refractivity contribution in [3.05, 3.63) is 29.3 Å². The molecular weight excluding hydrogens is 262 g/mol. The van der Waals surface area contributed by atoms with Gasteiger partial charge in [0, 0.05) is 11.8 Å². The lowest BCUT2D eigenvalue weighted by Gasteiger charge is -2.08. The van der Waals surface area contributed by atoms with Crippen LogP contribution in [0.25, 0.3) is 0 Å². The summed E-state index contributed by atoms with van der Waals surface area (Å²) in [6, 6.07) is 4.15. The summed E-state index contributed by atoms with van der Waals surface area (Å²) >= 11 is 11.2. The molecule has 0 atom stereocenters. The molecule has 0 aliphatic rings. The molecule has 0 radical (unpaired) electrons. The second kappa shape index (κ2) is 4.68. The summed E-state index contributed by atoms with van der Waals surface area (Å²) in [5.74, 6) is 0. The second-order valence-corrected chi connectivity index (χ2v) is 6.15. The van der Waals surface area contributed by atoms with Crippen LogP contribution >= 0.6 is 23.2 Å². The molecule has 0 saturated carbocycles. The number of rotatable bonds is 3. The number of hydrogen-bond donors (Lipinski definition) is 0. The van der Waals surface area contributed by atoms with E-state index in [0.717, 1.165) is 6.26 Å². The fourth-order valence-electron chi connectivity index (χ4n) is 1.20. The van der Waals surface area contributed by atoms with Crippen LogP contribution in [-0.2, 0) is 16.5 Å². The number of sulfone groups is 1. The first-order chi connectivity index (χ1) is 6.86. The fourth-order valence-corrected chi connectivity index (χ4v) is 2.38. The highest BCUT2D eigenvalue weighted by atomic mass is 35.5. The van der Waals surface area contributed by atoms with Gasteiger partial charge >= 0.3 is 0 Å². The average molecular weight is 271 g/mol. The molecule has 1 rings (SSSR count). The van der Waals surface area contributed by atoms with Gasteiger partial charge in [0.1, 0.15) is 11.5 Å². The Balaban J connectivity index is 3.34. The van der Waals surface area contributed by atoms with Crippen LogP contribution in [0.2, 0.25) is 0 Å². The van der Waals surface area contributed by atoms with Crippen molar-refractivity contribution in [3.8, 4) is 0 Å². The maximum Gasteiger partial charge on any atom is 0.175 e.